The van der Waals surface area contributed by atoms with Crippen LogP contribution in [0.3, 0.4) is 0 Å². The van der Waals surface area contributed by atoms with E-state index in [0.717, 1.165) is 4.90 Å². The number of imide groups is 1. The second-order valence-corrected chi connectivity index (χ2v) is 7.65. The standard InChI is InChI=1S/C23H22FN3O4/c1-15(28)16-6-7-20(19(24)14-16)25-10-12-26(13-11-25)21(29)8-9-27-22(30)17-4-2-3-5-18(17)23(27)31/h2-7,14H,8-13H2,1H3. The highest BCUT2D eigenvalue weighted by Gasteiger charge is 2.35. The van der Waals surface area contributed by atoms with Crippen molar-refractivity contribution in [1.82, 2.24) is 9.80 Å². The summed E-state index contributed by atoms with van der Waals surface area (Å²) in [7, 11) is 0. The van der Waals surface area contributed by atoms with Crippen LogP contribution in [-0.4, -0.2) is 66.0 Å². The lowest BCUT2D eigenvalue weighted by molar-refractivity contribution is -0.131. The van der Waals surface area contributed by atoms with Gasteiger partial charge in [0.25, 0.3) is 11.8 Å². The summed E-state index contributed by atoms with van der Waals surface area (Å²) in [5.41, 5.74) is 1.46. The van der Waals surface area contributed by atoms with Crippen LogP contribution in [0.25, 0.3) is 0 Å². The van der Waals surface area contributed by atoms with E-state index in [9.17, 15) is 23.6 Å². The smallest absolute Gasteiger partial charge is 0.261 e. The molecule has 2 aromatic carbocycles. The molecule has 3 amide bonds. The quantitative estimate of drug-likeness (QED) is 0.545. The SMILES string of the molecule is CC(=O)c1ccc(N2CCN(C(=O)CCN3C(=O)c4ccccc4C3=O)CC2)c(F)c1. The van der Waals surface area contributed by atoms with Crippen molar-refractivity contribution in [2.75, 3.05) is 37.6 Å². The largest absolute Gasteiger partial charge is 0.366 e. The Morgan fingerprint density at radius 1 is 0.935 bits per heavy atom. The van der Waals surface area contributed by atoms with Crippen molar-refractivity contribution in [3.63, 3.8) is 0 Å². The number of piperazine rings is 1. The zero-order valence-electron chi connectivity index (χ0n) is 17.1. The van der Waals surface area contributed by atoms with Gasteiger partial charge < -0.3 is 9.80 Å². The van der Waals surface area contributed by atoms with Crippen LogP contribution in [0, 0.1) is 5.82 Å². The molecule has 0 atom stereocenters. The van der Waals surface area contributed by atoms with Crippen molar-refractivity contribution in [3.05, 3.63) is 65.0 Å². The lowest BCUT2D eigenvalue weighted by Crippen LogP contribution is -2.49. The van der Waals surface area contributed by atoms with Gasteiger partial charge in [-0.2, -0.15) is 0 Å². The number of carbonyl (C=O) groups excluding carboxylic acids is 4. The van der Waals surface area contributed by atoms with Gasteiger partial charge in [0.2, 0.25) is 5.91 Å². The monoisotopic (exact) mass is 423 g/mol. The van der Waals surface area contributed by atoms with Gasteiger partial charge in [0.15, 0.2) is 5.78 Å². The van der Waals surface area contributed by atoms with Crippen LogP contribution in [-0.2, 0) is 4.79 Å². The van der Waals surface area contributed by atoms with Crippen LogP contribution in [0.2, 0.25) is 0 Å². The average Bonchev–Trinajstić information content (AvgIpc) is 3.02. The predicted molar refractivity (Wildman–Crippen MR) is 112 cm³/mol. The normalized spacial score (nSPS) is 16.0. The van der Waals surface area contributed by atoms with E-state index in [4.69, 9.17) is 0 Å². The van der Waals surface area contributed by atoms with Crippen molar-refractivity contribution < 1.29 is 23.6 Å². The van der Waals surface area contributed by atoms with Gasteiger partial charge in [-0.25, -0.2) is 4.39 Å². The summed E-state index contributed by atoms with van der Waals surface area (Å²) >= 11 is 0. The molecule has 0 radical (unpaired) electrons. The Balaban J connectivity index is 1.32. The molecule has 2 aliphatic rings. The predicted octanol–water partition coefficient (Wildman–Crippen LogP) is 2.36. The van der Waals surface area contributed by atoms with Crippen LogP contribution in [0.5, 0.6) is 0 Å². The van der Waals surface area contributed by atoms with Gasteiger partial charge in [0, 0.05) is 44.7 Å². The molecule has 1 saturated heterocycles. The fourth-order valence-electron chi connectivity index (χ4n) is 3.99. The summed E-state index contributed by atoms with van der Waals surface area (Å²) < 4.78 is 14.4. The zero-order chi connectivity index (χ0) is 22.1. The number of halogens is 1. The molecule has 1 fully saturated rings. The first-order chi connectivity index (χ1) is 14.9. The highest BCUT2D eigenvalue weighted by atomic mass is 19.1. The first-order valence-electron chi connectivity index (χ1n) is 10.1. The molecule has 4 rings (SSSR count). The van der Waals surface area contributed by atoms with Crippen LogP contribution in [0.15, 0.2) is 42.5 Å². The Hall–Kier alpha value is -3.55. The number of fused-ring (bicyclic) bond motifs is 1. The molecule has 160 valence electrons. The maximum atomic E-state index is 14.4. The maximum absolute atomic E-state index is 14.4. The molecular weight excluding hydrogens is 401 g/mol. The third-order valence-electron chi connectivity index (χ3n) is 5.75. The third kappa shape index (κ3) is 3.93. The summed E-state index contributed by atoms with van der Waals surface area (Å²) in [6, 6.07) is 11.0. The Labute approximate surface area is 179 Å². The summed E-state index contributed by atoms with van der Waals surface area (Å²) in [5, 5.41) is 0. The molecule has 0 unspecified atom stereocenters. The second kappa shape index (κ2) is 8.29. The Morgan fingerprint density at radius 3 is 2.10 bits per heavy atom. The molecule has 7 nitrogen and oxygen atoms in total. The van der Waals surface area contributed by atoms with Gasteiger partial charge in [-0.1, -0.05) is 12.1 Å². The van der Waals surface area contributed by atoms with E-state index in [1.54, 1.807) is 41.3 Å². The maximum Gasteiger partial charge on any atom is 0.261 e. The number of benzene rings is 2. The molecule has 0 spiro atoms. The van der Waals surface area contributed by atoms with Gasteiger partial charge >= 0.3 is 0 Å². The number of amides is 3. The molecule has 31 heavy (non-hydrogen) atoms. The highest BCUT2D eigenvalue weighted by molar-refractivity contribution is 6.21. The van der Waals surface area contributed by atoms with Gasteiger partial charge in [0.1, 0.15) is 5.82 Å². The molecule has 2 heterocycles. The highest BCUT2D eigenvalue weighted by Crippen LogP contribution is 2.24. The minimum atomic E-state index is -0.460. The molecule has 0 N–H and O–H groups in total. The molecule has 0 saturated carbocycles. The number of rotatable bonds is 5. The molecule has 0 aromatic heterocycles. The van der Waals surface area contributed by atoms with Gasteiger partial charge in [-0.15, -0.1) is 0 Å². The van der Waals surface area contributed by atoms with Crippen molar-refractivity contribution >= 4 is 29.2 Å². The molecule has 2 aliphatic heterocycles. The van der Waals surface area contributed by atoms with E-state index in [-0.39, 0.29) is 36.5 Å². The van der Waals surface area contributed by atoms with E-state index in [2.05, 4.69) is 0 Å². The Morgan fingerprint density at radius 2 is 1.55 bits per heavy atom. The Kier molecular flexibility index (Phi) is 5.54. The summed E-state index contributed by atoms with van der Waals surface area (Å²) in [4.78, 5) is 53.5. The fourth-order valence-corrected chi connectivity index (χ4v) is 3.99. The van der Waals surface area contributed by atoms with Crippen LogP contribution in [0.1, 0.15) is 44.4 Å². The van der Waals surface area contributed by atoms with Crippen molar-refractivity contribution in [3.8, 4) is 0 Å². The third-order valence-corrected chi connectivity index (χ3v) is 5.75. The second-order valence-electron chi connectivity index (χ2n) is 7.65. The van der Waals surface area contributed by atoms with E-state index in [0.29, 0.717) is 48.6 Å². The minimum absolute atomic E-state index is 0.0343. The molecule has 0 aliphatic carbocycles. The number of hydrogen-bond donors (Lipinski definition) is 0. The number of Topliss-reactive ketones (excluding diaryl/α,β-unsaturated/α-hetero) is 1. The van der Waals surface area contributed by atoms with Gasteiger partial charge in [0.05, 0.1) is 16.8 Å². The van der Waals surface area contributed by atoms with E-state index in [1.807, 2.05) is 4.90 Å². The number of hydrogen-bond acceptors (Lipinski definition) is 5. The number of nitrogens with zero attached hydrogens (tertiary/aromatic N) is 3. The first kappa shape index (κ1) is 20.7. The van der Waals surface area contributed by atoms with E-state index >= 15 is 0 Å². The topological polar surface area (TPSA) is 78.0 Å². The molecule has 2 aromatic rings. The lowest BCUT2D eigenvalue weighted by atomic mass is 10.1. The fraction of sp³-hybridized carbons (Fsp3) is 0.304. The molecule has 8 heteroatoms. The summed E-state index contributed by atoms with van der Waals surface area (Å²) in [5.74, 6) is -1.55. The first-order valence-corrected chi connectivity index (χ1v) is 10.1. The number of carbonyl (C=O) groups is 4. The van der Waals surface area contributed by atoms with Crippen LogP contribution >= 0.6 is 0 Å². The zero-order valence-corrected chi connectivity index (χ0v) is 17.1. The van der Waals surface area contributed by atoms with Gasteiger partial charge in [-0.05, 0) is 37.3 Å². The minimum Gasteiger partial charge on any atom is -0.366 e. The summed E-state index contributed by atoms with van der Waals surface area (Å²) in [6.45, 7) is 3.15. The van der Waals surface area contributed by atoms with Crippen LogP contribution in [0.4, 0.5) is 10.1 Å². The van der Waals surface area contributed by atoms with Crippen LogP contribution < -0.4 is 4.90 Å². The Bertz CT molecular complexity index is 1040. The molecule has 0 bridgehead atoms. The van der Waals surface area contributed by atoms with E-state index < -0.39 is 5.82 Å². The molecular formula is C23H22FN3O4. The van der Waals surface area contributed by atoms with Crippen molar-refractivity contribution in [2.24, 2.45) is 0 Å². The summed E-state index contributed by atoms with van der Waals surface area (Å²) in [6.07, 6.45) is 0.0487. The van der Waals surface area contributed by atoms with Crippen molar-refractivity contribution in [2.45, 2.75) is 13.3 Å². The van der Waals surface area contributed by atoms with E-state index in [1.165, 1.54) is 13.0 Å². The average molecular weight is 423 g/mol. The van der Waals surface area contributed by atoms with Gasteiger partial charge in [-0.3, -0.25) is 24.1 Å². The number of anilines is 1. The number of ketones is 1. The lowest BCUT2D eigenvalue weighted by Gasteiger charge is -2.36. The van der Waals surface area contributed by atoms with Crippen molar-refractivity contribution in [1.29, 1.82) is 0 Å².